The number of hydrogen-bond acceptors (Lipinski definition) is 6. The van der Waals surface area contributed by atoms with Crippen LogP contribution in [-0.4, -0.2) is 49.7 Å². The zero-order chi connectivity index (χ0) is 17.0. The van der Waals surface area contributed by atoms with E-state index in [2.05, 4.69) is 30.3 Å². The molecule has 9 heteroatoms. The van der Waals surface area contributed by atoms with Crippen molar-refractivity contribution in [2.75, 3.05) is 24.5 Å². The molecule has 1 atom stereocenters. The van der Waals surface area contributed by atoms with Gasteiger partial charge in [0.25, 0.3) is 5.56 Å². The molecule has 9 nitrogen and oxygen atoms in total. The van der Waals surface area contributed by atoms with Gasteiger partial charge in [-0.15, -0.1) is 0 Å². The van der Waals surface area contributed by atoms with Crippen molar-refractivity contribution in [1.29, 1.82) is 0 Å². The summed E-state index contributed by atoms with van der Waals surface area (Å²) in [7, 11) is 0. The van der Waals surface area contributed by atoms with Crippen LogP contribution >= 0.6 is 0 Å². The maximum atomic E-state index is 12.1. The smallest absolute Gasteiger partial charge is 0.325 e. The van der Waals surface area contributed by atoms with Crippen molar-refractivity contribution >= 4 is 11.3 Å². The van der Waals surface area contributed by atoms with E-state index in [9.17, 15) is 9.59 Å². The maximum Gasteiger partial charge on any atom is 0.325 e. The predicted octanol–water partition coefficient (Wildman–Crippen LogP) is -0.285. The van der Waals surface area contributed by atoms with Crippen molar-refractivity contribution in [3.63, 3.8) is 0 Å². The van der Waals surface area contributed by atoms with Crippen molar-refractivity contribution in [2.24, 2.45) is 0 Å². The zero-order valence-electron chi connectivity index (χ0n) is 13.5. The van der Waals surface area contributed by atoms with E-state index < -0.39 is 11.2 Å². The van der Waals surface area contributed by atoms with Gasteiger partial charge in [0.15, 0.2) is 5.65 Å². The lowest BCUT2D eigenvalue weighted by Gasteiger charge is -2.40. The fourth-order valence-electron chi connectivity index (χ4n) is 3.77. The number of imidazole rings is 1. The first-order valence-corrected chi connectivity index (χ1v) is 8.30. The summed E-state index contributed by atoms with van der Waals surface area (Å²) in [5.41, 5.74) is 1.76. The van der Waals surface area contributed by atoms with E-state index in [4.69, 9.17) is 0 Å². The van der Waals surface area contributed by atoms with Gasteiger partial charge in [0, 0.05) is 37.2 Å². The highest BCUT2D eigenvalue weighted by atomic mass is 16.2. The van der Waals surface area contributed by atoms with E-state index in [0.29, 0.717) is 11.3 Å². The number of aromatic nitrogens is 5. The quantitative estimate of drug-likeness (QED) is 0.592. The van der Waals surface area contributed by atoms with Gasteiger partial charge in [-0.3, -0.25) is 9.78 Å². The Balaban J connectivity index is 1.64. The van der Waals surface area contributed by atoms with E-state index in [-0.39, 0.29) is 5.54 Å². The van der Waals surface area contributed by atoms with Gasteiger partial charge in [0.05, 0.1) is 11.3 Å². The Morgan fingerprint density at radius 1 is 1.24 bits per heavy atom. The normalized spacial score (nSPS) is 22.6. The number of H-pyrrole nitrogens is 2. The van der Waals surface area contributed by atoms with E-state index in [1.807, 2.05) is 6.07 Å². The van der Waals surface area contributed by atoms with Crippen molar-refractivity contribution in [3.05, 3.63) is 45.5 Å². The van der Waals surface area contributed by atoms with Crippen LogP contribution in [0.5, 0.6) is 0 Å². The zero-order valence-corrected chi connectivity index (χ0v) is 13.5. The molecule has 5 heterocycles. The van der Waals surface area contributed by atoms with Crippen LogP contribution in [0, 0.1) is 0 Å². The number of nitrogens with one attached hydrogen (secondary N) is 3. The highest BCUT2D eigenvalue weighted by Crippen LogP contribution is 2.35. The summed E-state index contributed by atoms with van der Waals surface area (Å²) < 4.78 is 1.68. The Bertz CT molecular complexity index is 1080. The first-order chi connectivity index (χ1) is 12.1. The van der Waals surface area contributed by atoms with E-state index in [1.54, 1.807) is 16.9 Å². The summed E-state index contributed by atoms with van der Waals surface area (Å²) in [4.78, 5) is 34.9. The van der Waals surface area contributed by atoms with Crippen LogP contribution in [0.25, 0.3) is 16.9 Å². The average molecular weight is 339 g/mol. The molecule has 0 radical (unpaired) electrons. The van der Waals surface area contributed by atoms with E-state index in [1.165, 1.54) is 12.6 Å². The van der Waals surface area contributed by atoms with Crippen LogP contribution < -0.4 is 21.5 Å². The summed E-state index contributed by atoms with van der Waals surface area (Å²) in [5.74, 6) is 0. The summed E-state index contributed by atoms with van der Waals surface area (Å²) >= 11 is 0. The van der Waals surface area contributed by atoms with Crippen LogP contribution in [0.15, 0.2) is 34.2 Å². The molecule has 0 amide bonds. The number of anilines is 1. The molecule has 128 valence electrons. The summed E-state index contributed by atoms with van der Waals surface area (Å²) in [5, 5.41) is 8.01. The molecule has 5 rings (SSSR count). The Hall–Kier alpha value is -2.94. The van der Waals surface area contributed by atoms with E-state index >= 15 is 0 Å². The fourth-order valence-corrected chi connectivity index (χ4v) is 3.77. The molecule has 3 N–H and O–H groups in total. The Morgan fingerprint density at radius 2 is 2.12 bits per heavy atom. The number of fused-ring (bicyclic) bond motifs is 1. The second kappa shape index (κ2) is 5.03. The van der Waals surface area contributed by atoms with Crippen LogP contribution in [0.2, 0.25) is 0 Å². The average Bonchev–Trinajstić information content (AvgIpc) is 3.20. The Kier molecular flexibility index (Phi) is 2.90. The lowest BCUT2D eigenvalue weighted by Crippen LogP contribution is -2.58. The molecule has 2 saturated heterocycles. The monoisotopic (exact) mass is 339 g/mol. The standard InChI is InChI=1S/C16H17N7O2/c24-14-10(8-18-15(25)20-14)11-7-12(13-17-4-6-23(13)21-11)22-5-2-16(9-22)1-3-19-16/h4,6-8,19H,1-3,5,9H2,(H2,18,20,24,25). The molecule has 3 aromatic rings. The molecule has 2 fully saturated rings. The molecule has 1 unspecified atom stereocenters. The SMILES string of the molecule is O=c1[nH]cc(-c2cc(N3CCC4(CCN4)C3)c3nccn3n2)c(=O)[nH]1. The van der Waals surface area contributed by atoms with Crippen molar-refractivity contribution < 1.29 is 0 Å². The lowest BCUT2D eigenvalue weighted by molar-refractivity contribution is 0.235. The first kappa shape index (κ1) is 14.4. The van der Waals surface area contributed by atoms with Gasteiger partial charge in [-0.1, -0.05) is 0 Å². The number of nitrogens with zero attached hydrogens (tertiary/aromatic N) is 4. The van der Waals surface area contributed by atoms with Crippen molar-refractivity contribution in [2.45, 2.75) is 18.4 Å². The Morgan fingerprint density at radius 3 is 2.84 bits per heavy atom. The maximum absolute atomic E-state index is 12.1. The molecule has 0 saturated carbocycles. The van der Waals surface area contributed by atoms with Gasteiger partial charge in [-0.05, 0) is 25.5 Å². The van der Waals surface area contributed by atoms with Gasteiger partial charge in [-0.2, -0.15) is 5.10 Å². The van der Waals surface area contributed by atoms with Gasteiger partial charge < -0.3 is 15.2 Å². The summed E-state index contributed by atoms with van der Waals surface area (Å²) in [6, 6.07) is 1.88. The minimum absolute atomic E-state index is 0.211. The highest BCUT2D eigenvalue weighted by molar-refractivity contribution is 5.74. The molecule has 2 aliphatic heterocycles. The topological polar surface area (TPSA) is 111 Å². The molecular formula is C16H17N7O2. The van der Waals surface area contributed by atoms with Crippen LogP contribution in [0.3, 0.4) is 0 Å². The minimum Gasteiger partial charge on any atom is -0.366 e. The van der Waals surface area contributed by atoms with E-state index in [0.717, 1.165) is 37.4 Å². The van der Waals surface area contributed by atoms with Gasteiger partial charge in [-0.25, -0.2) is 14.3 Å². The number of rotatable bonds is 2. The van der Waals surface area contributed by atoms with Crippen LogP contribution in [0.4, 0.5) is 5.69 Å². The van der Waals surface area contributed by atoms with Crippen molar-refractivity contribution in [1.82, 2.24) is 29.9 Å². The minimum atomic E-state index is -0.532. The molecule has 3 aromatic heterocycles. The summed E-state index contributed by atoms with van der Waals surface area (Å²) in [6.45, 7) is 2.92. The predicted molar refractivity (Wildman–Crippen MR) is 91.8 cm³/mol. The van der Waals surface area contributed by atoms with Crippen molar-refractivity contribution in [3.8, 4) is 11.3 Å². The molecule has 2 aliphatic rings. The van der Waals surface area contributed by atoms with Gasteiger partial charge >= 0.3 is 5.69 Å². The first-order valence-electron chi connectivity index (χ1n) is 8.30. The molecular weight excluding hydrogens is 322 g/mol. The molecule has 25 heavy (non-hydrogen) atoms. The largest absolute Gasteiger partial charge is 0.366 e. The fraction of sp³-hybridized carbons (Fsp3) is 0.375. The van der Waals surface area contributed by atoms with Crippen LogP contribution in [-0.2, 0) is 0 Å². The van der Waals surface area contributed by atoms with Gasteiger partial charge in [0.2, 0.25) is 0 Å². The third-order valence-electron chi connectivity index (χ3n) is 5.23. The summed E-state index contributed by atoms with van der Waals surface area (Å²) in [6.07, 6.45) is 7.13. The molecule has 0 bridgehead atoms. The van der Waals surface area contributed by atoms with Crippen LogP contribution in [0.1, 0.15) is 12.8 Å². The molecule has 0 aromatic carbocycles. The lowest BCUT2D eigenvalue weighted by atomic mass is 9.87. The Labute approximate surface area is 141 Å². The van der Waals surface area contributed by atoms with Gasteiger partial charge in [0.1, 0.15) is 5.69 Å². The molecule has 1 spiro atoms. The third kappa shape index (κ3) is 2.19. The number of hydrogen-bond donors (Lipinski definition) is 3. The second-order valence-electron chi connectivity index (χ2n) is 6.72. The highest BCUT2D eigenvalue weighted by Gasteiger charge is 2.43. The second-order valence-corrected chi connectivity index (χ2v) is 6.72. The third-order valence-corrected chi connectivity index (χ3v) is 5.23. The molecule has 0 aliphatic carbocycles. The number of aromatic amines is 2.